The Morgan fingerprint density at radius 1 is 0.976 bits per heavy atom. The van der Waals surface area contributed by atoms with Gasteiger partial charge < -0.3 is 14.8 Å². The second-order valence-electron chi connectivity index (χ2n) is 12.8. The highest BCUT2D eigenvalue weighted by Crippen LogP contribution is 2.43. The number of β-lactam (4-membered cyclic amide) rings is 1. The summed E-state index contributed by atoms with van der Waals surface area (Å²) in [6.45, 7) is 20.8. The molecule has 1 saturated heterocycles. The molecular formula is C33H46N2O6. The van der Waals surface area contributed by atoms with Gasteiger partial charge in [0.15, 0.2) is 0 Å². The number of carbonyl (C=O) groups is 4. The highest BCUT2D eigenvalue weighted by molar-refractivity contribution is 6.02. The fraction of sp³-hybridized carbons (Fsp3) is 0.515. The first-order chi connectivity index (χ1) is 18.9. The van der Waals surface area contributed by atoms with Crippen LogP contribution in [0.15, 0.2) is 60.9 Å². The summed E-state index contributed by atoms with van der Waals surface area (Å²) in [4.78, 5) is 52.1. The van der Waals surface area contributed by atoms with Crippen molar-refractivity contribution in [3.05, 3.63) is 66.5 Å². The van der Waals surface area contributed by atoms with Crippen LogP contribution in [0.2, 0.25) is 0 Å². The molecule has 1 N–H and O–H groups in total. The number of benzene rings is 1. The van der Waals surface area contributed by atoms with E-state index in [1.54, 1.807) is 64.1 Å². The van der Waals surface area contributed by atoms with Crippen LogP contribution in [-0.2, 0) is 34.1 Å². The van der Waals surface area contributed by atoms with E-state index in [4.69, 9.17) is 9.47 Å². The molecule has 1 aromatic carbocycles. The van der Waals surface area contributed by atoms with Gasteiger partial charge in [-0.25, -0.2) is 0 Å². The number of hydrogen-bond donors (Lipinski definition) is 1. The number of allylic oxidation sites excluding steroid dienone is 4. The summed E-state index contributed by atoms with van der Waals surface area (Å²) in [5.41, 5.74) is -1.68. The van der Waals surface area contributed by atoms with Crippen LogP contribution in [0, 0.1) is 16.2 Å². The molecule has 0 bridgehead atoms. The van der Waals surface area contributed by atoms with Gasteiger partial charge in [-0.3, -0.25) is 24.1 Å². The van der Waals surface area contributed by atoms with Gasteiger partial charge in [-0.1, -0.05) is 58.6 Å². The van der Waals surface area contributed by atoms with Crippen LogP contribution in [0.3, 0.4) is 0 Å². The largest absolute Gasteiger partial charge is 0.426 e. The van der Waals surface area contributed by atoms with Crippen LogP contribution < -0.4 is 5.32 Å². The van der Waals surface area contributed by atoms with E-state index in [1.165, 1.54) is 4.90 Å². The number of likely N-dealkylation sites (tertiary alicyclic amines) is 1. The first-order valence-electron chi connectivity index (χ1n) is 13.9. The molecule has 1 aromatic rings. The number of nitrogens with one attached hydrogen (secondary N) is 1. The first-order valence-corrected chi connectivity index (χ1v) is 13.9. The summed E-state index contributed by atoms with van der Waals surface area (Å²) in [6, 6.07) is 7.39. The molecular weight excluding hydrogens is 520 g/mol. The fourth-order valence-corrected chi connectivity index (χ4v) is 4.10. The minimum atomic E-state index is -0.935. The molecule has 1 aliphatic rings. The zero-order valence-electron chi connectivity index (χ0n) is 26.1. The molecule has 0 aromatic heterocycles. The van der Waals surface area contributed by atoms with Crippen molar-refractivity contribution in [1.29, 1.82) is 0 Å². The Morgan fingerprint density at radius 2 is 1.56 bits per heavy atom. The lowest BCUT2D eigenvalue weighted by Gasteiger charge is -2.45. The van der Waals surface area contributed by atoms with Gasteiger partial charge in [0.2, 0.25) is 17.7 Å². The smallest absolute Gasteiger partial charge is 0.319 e. The number of carbonyl (C=O) groups excluding carboxylic acids is 4. The van der Waals surface area contributed by atoms with Crippen molar-refractivity contribution in [2.75, 3.05) is 25.1 Å². The third-order valence-electron chi connectivity index (χ3n) is 7.97. The molecule has 224 valence electrons. The van der Waals surface area contributed by atoms with Gasteiger partial charge in [0.25, 0.3) is 0 Å². The second kappa shape index (κ2) is 13.0. The number of ether oxygens (including phenoxy) is 2. The van der Waals surface area contributed by atoms with Gasteiger partial charge in [0, 0.05) is 24.1 Å². The minimum Gasteiger partial charge on any atom is -0.426 e. The Hall–Kier alpha value is -3.52. The Morgan fingerprint density at radius 3 is 2.05 bits per heavy atom. The van der Waals surface area contributed by atoms with Gasteiger partial charge >= 0.3 is 5.97 Å². The van der Waals surface area contributed by atoms with Crippen LogP contribution in [0.25, 0.3) is 0 Å². The Balaban J connectivity index is 2.00. The predicted molar refractivity (Wildman–Crippen MR) is 161 cm³/mol. The number of esters is 1. The lowest BCUT2D eigenvalue weighted by molar-refractivity contribution is -0.160. The zero-order chi connectivity index (χ0) is 31.2. The lowest BCUT2D eigenvalue weighted by atomic mass is 9.63. The number of hydrogen-bond acceptors (Lipinski definition) is 6. The first kappa shape index (κ1) is 33.7. The van der Waals surface area contributed by atoms with Gasteiger partial charge in [-0.05, 0) is 64.5 Å². The minimum absolute atomic E-state index is 0.0705. The number of nitrogens with zero attached hydrogens (tertiary/aromatic N) is 1. The maximum atomic E-state index is 13.1. The third kappa shape index (κ3) is 7.82. The molecule has 1 fully saturated rings. The van der Waals surface area contributed by atoms with Crippen molar-refractivity contribution in [1.82, 2.24) is 4.90 Å². The average molecular weight is 567 g/mol. The van der Waals surface area contributed by atoms with Crippen molar-refractivity contribution in [2.45, 2.75) is 74.1 Å². The summed E-state index contributed by atoms with van der Waals surface area (Å²) < 4.78 is 11.3. The third-order valence-corrected chi connectivity index (χ3v) is 7.97. The van der Waals surface area contributed by atoms with Gasteiger partial charge in [0.1, 0.15) is 5.76 Å². The molecule has 1 heterocycles. The maximum Gasteiger partial charge on any atom is 0.319 e. The molecule has 3 amide bonds. The van der Waals surface area contributed by atoms with E-state index in [2.05, 4.69) is 11.9 Å². The molecule has 0 unspecified atom stereocenters. The second-order valence-corrected chi connectivity index (χ2v) is 12.8. The van der Waals surface area contributed by atoms with Crippen molar-refractivity contribution in [3.8, 4) is 0 Å². The Kier molecular flexibility index (Phi) is 10.7. The quantitative estimate of drug-likeness (QED) is 0.137. The van der Waals surface area contributed by atoms with Crippen molar-refractivity contribution < 1.29 is 28.7 Å². The number of amides is 3. The molecule has 8 nitrogen and oxygen atoms in total. The summed E-state index contributed by atoms with van der Waals surface area (Å²) in [6.07, 6.45) is 7.00. The SMILES string of the molecule is C=C/C=C(\C=C/C)OC(=O)C(C)(C)COCC(C)(C)C(=O)Nc1ccc(C(C)(C)C(C)(C)C(=O)N2CCC2=O)cc1. The van der Waals surface area contributed by atoms with Crippen LogP contribution in [0.4, 0.5) is 5.69 Å². The average Bonchev–Trinajstić information content (AvgIpc) is 2.87. The van der Waals surface area contributed by atoms with E-state index in [1.807, 2.05) is 46.8 Å². The summed E-state index contributed by atoms with van der Waals surface area (Å²) in [7, 11) is 0. The van der Waals surface area contributed by atoms with E-state index in [0.717, 1.165) is 5.56 Å². The van der Waals surface area contributed by atoms with E-state index in [9.17, 15) is 19.2 Å². The molecule has 41 heavy (non-hydrogen) atoms. The lowest BCUT2D eigenvalue weighted by Crippen LogP contribution is -2.57. The summed E-state index contributed by atoms with van der Waals surface area (Å²) in [5.74, 6) is -0.612. The molecule has 0 radical (unpaired) electrons. The molecule has 0 saturated carbocycles. The van der Waals surface area contributed by atoms with Crippen LogP contribution in [0.1, 0.15) is 74.3 Å². The van der Waals surface area contributed by atoms with Crippen molar-refractivity contribution >= 4 is 29.4 Å². The summed E-state index contributed by atoms with van der Waals surface area (Å²) >= 11 is 0. The van der Waals surface area contributed by atoms with Crippen molar-refractivity contribution in [2.24, 2.45) is 16.2 Å². The van der Waals surface area contributed by atoms with E-state index in [0.29, 0.717) is 24.4 Å². The fourth-order valence-electron chi connectivity index (χ4n) is 4.10. The van der Waals surface area contributed by atoms with Gasteiger partial charge in [0.05, 0.1) is 29.5 Å². The standard InChI is InChI=1S/C33H46N2O6/c1-11-13-25(14-12-2)41-29(39)31(5,6)22-40-21-30(3,4)27(37)34-24-17-15-23(16-18-24)32(7,8)33(9,10)28(38)35-20-19-26(35)36/h11-18H,1,19-22H2,2-10H3,(H,34,37)/b14-12-,25-13+. The highest BCUT2D eigenvalue weighted by Gasteiger charge is 2.49. The van der Waals surface area contributed by atoms with Crippen molar-refractivity contribution in [3.63, 3.8) is 0 Å². The number of anilines is 1. The van der Waals surface area contributed by atoms with Gasteiger partial charge in [-0.15, -0.1) is 0 Å². The molecule has 8 heteroatoms. The Labute approximate surface area is 244 Å². The highest BCUT2D eigenvalue weighted by atomic mass is 16.5. The molecule has 2 rings (SSSR count). The maximum absolute atomic E-state index is 13.1. The number of imide groups is 1. The number of rotatable bonds is 13. The van der Waals surface area contributed by atoms with E-state index in [-0.39, 0.29) is 30.9 Å². The van der Waals surface area contributed by atoms with E-state index >= 15 is 0 Å². The zero-order valence-corrected chi connectivity index (χ0v) is 26.1. The van der Waals surface area contributed by atoms with Crippen LogP contribution >= 0.6 is 0 Å². The Bertz CT molecular complexity index is 1220. The van der Waals surface area contributed by atoms with Crippen LogP contribution in [-0.4, -0.2) is 48.3 Å². The monoisotopic (exact) mass is 566 g/mol. The summed E-state index contributed by atoms with van der Waals surface area (Å²) in [5, 5.41) is 2.93. The predicted octanol–water partition coefficient (Wildman–Crippen LogP) is 5.95. The molecule has 1 aliphatic heterocycles. The topological polar surface area (TPSA) is 102 Å². The van der Waals surface area contributed by atoms with E-state index < -0.39 is 27.6 Å². The molecule has 0 spiro atoms. The van der Waals surface area contributed by atoms with Crippen LogP contribution in [0.5, 0.6) is 0 Å². The van der Waals surface area contributed by atoms with Gasteiger partial charge in [-0.2, -0.15) is 0 Å². The normalized spacial score (nSPS) is 15.0. The molecule has 0 aliphatic carbocycles. The molecule has 0 atom stereocenters.